The molecule has 3 heteroatoms. The normalized spacial score (nSPS) is 36.1. The van der Waals surface area contributed by atoms with Gasteiger partial charge < -0.3 is 9.47 Å². The second-order valence-electron chi connectivity index (χ2n) is 4.06. The van der Waals surface area contributed by atoms with Crippen molar-refractivity contribution in [3.05, 3.63) is 11.6 Å². The number of hydrogen-bond donors (Lipinski definition) is 0. The molecule has 1 saturated heterocycles. The molecular formula is C11H16O3. The number of esters is 1. The maximum absolute atomic E-state index is 11.5. The summed E-state index contributed by atoms with van der Waals surface area (Å²) < 4.78 is 10.4. The maximum atomic E-state index is 11.5. The van der Waals surface area contributed by atoms with E-state index < -0.39 is 0 Å². The summed E-state index contributed by atoms with van der Waals surface area (Å²) in [6.07, 6.45) is 4.31. The van der Waals surface area contributed by atoms with E-state index in [-0.39, 0.29) is 18.0 Å². The first kappa shape index (κ1) is 9.71. The van der Waals surface area contributed by atoms with Crippen molar-refractivity contribution >= 4 is 5.97 Å². The molecule has 0 amide bonds. The van der Waals surface area contributed by atoms with Crippen LogP contribution in [0.4, 0.5) is 0 Å². The average Bonchev–Trinajstić information content (AvgIpc) is 2.56. The van der Waals surface area contributed by atoms with Gasteiger partial charge in [0.1, 0.15) is 0 Å². The Bertz CT molecular complexity index is 270. The van der Waals surface area contributed by atoms with Gasteiger partial charge in [0.25, 0.3) is 0 Å². The van der Waals surface area contributed by atoms with Crippen molar-refractivity contribution in [1.29, 1.82) is 0 Å². The van der Waals surface area contributed by atoms with Crippen molar-refractivity contribution in [2.24, 2.45) is 11.8 Å². The van der Waals surface area contributed by atoms with Gasteiger partial charge in [-0.3, -0.25) is 0 Å². The highest BCUT2D eigenvalue weighted by atomic mass is 16.5. The Labute approximate surface area is 84.1 Å². The summed E-state index contributed by atoms with van der Waals surface area (Å²) in [5, 5.41) is 0. The highest BCUT2D eigenvalue weighted by Crippen LogP contribution is 2.39. The van der Waals surface area contributed by atoms with Gasteiger partial charge in [0.05, 0.1) is 13.2 Å². The molecule has 2 aliphatic rings. The van der Waals surface area contributed by atoms with E-state index in [0.717, 1.165) is 25.0 Å². The SMILES string of the molecule is COC(=O)C1=C[C@@H](C)[C@@H]2OCCC[C@H]12. The Morgan fingerprint density at radius 1 is 1.64 bits per heavy atom. The van der Waals surface area contributed by atoms with Crippen molar-refractivity contribution in [2.75, 3.05) is 13.7 Å². The summed E-state index contributed by atoms with van der Waals surface area (Å²) in [6, 6.07) is 0. The monoisotopic (exact) mass is 196 g/mol. The largest absolute Gasteiger partial charge is 0.466 e. The van der Waals surface area contributed by atoms with E-state index in [9.17, 15) is 4.79 Å². The summed E-state index contributed by atoms with van der Waals surface area (Å²) in [4.78, 5) is 11.5. The van der Waals surface area contributed by atoms with Gasteiger partial charge in [0.15, 0.2) is 0 Å². The fourth-order valence-corrected chi connectivity index (χ4v) is 2.49. The second kappa shape index (κ2) is 3.73. The van der Waals surface area contributed by atoms with Crippen LogP contribution in [0.3, 0.4) is 0 Å². The number of fused-ring (bicyclic) bond motifs is 1. The van der Waals surface area contributed by atoms with Crippen LogP contribution in [0.25, 0.3) is 0 Å². The molecule has 2 rings (SSSR count). The minimum absolute atomic E-state index is 0.185. The summed E-state index contributed by atoms with van der Waals surface area (Å²) in [7, 11) is 1.44. The van der Waals surface area contributed by atoms with Crippen LogP contribution in [0, 0.1) is 11.8 Å². The Morgan fingerprint density at radius 2 is 2.43 bits per heavy atom. The predicted molar refractivity (Wildman–Crippen MR) is 51.7 cm³/mol. The topological polar surface area (TPSA) is 35.5 Å². The lowest BCUT2D eigenvalue weighted by molar-refractivity contribution is -0.137. The van der Waals surface area contributed by atoms with Gasteiger partial charge in [-0.25, -0.2) is 4.79 Å². The van der Waals surface area contributed by atoms with E-state index in [1.807, 2.05) is 6.08 Å². The highest BCUT2D eigenvalue weighted by molar-refractivity contribution is 5.89. The van der Waals surface area contributed by atoms with Crippen molar-refractivity contribution in [2.45, 2.75) is 25.9 Å². The van der Waals surface area contributed by atoms with Crippen LogP contribution < -0.4 is 0 Å². The molecular weight excluding hydrogens is 180 g/mol. The van der Waals surface area contributed by atoms with Gasteiger partial charge in [0, 0.05) is 24.0 Å². The molecule has 0 aromatic rings. The molecule has 0 saturated carbocycles. The zero-order valence-electron chi connectivity index (χ0n) is 8.66. The molecule has 1 heterocycles. The number of hydrogen-bond acceptors (Lipinski definition) is 3. The van der Waals surface area contributed by atoms with Crippen LogP contribution in [0.2, 0.25) is 0 Å². The lowest BCUT2D eigenvalue weighted by Gasteiger charge is -2.29. The van der Waals surface area contributed by atoms with Gasteiger partial charge in [-0.1, -0.05) is 13.0 Å². The van der Waals surface area contributed by atoms with E-state index in [0.29, 0.717) is 5.92 Å². The molecule has 0 aromatic heterocycles. The summed E-state index contributed by atoms with van der Waals surface area (Å²) in [5.41, 5.74) is 0.824. The van der Waals surface area contributed by atoms with Crippen molar-refractivity contribution in [1.82, 2.24) is 0 Å². The molecule has 0 unspecified atom stereocenters. The quantitative estimate of drug-likeness (QED) is 0.597. The lowest BCUT2D eigenvalue weighted by Crippen LogP contribution is -2.32. The van der Waals surface area contributed by atoms with Gasteiger partial charge in [-0.15, -0.1) is 0 Å². The molecule has 0 N–H and O–H groups in total. The number of ether oxygens (including phenoxy) is 2. The van der Waals surface area contributed by atoms with E-state index >= 15 is 0 Å². The van der Waals surface area contributed by atoms with Crippen LogP contribution in [-0.2, 0) is 14.3 Å². The van der Waals surface area contributed by atoms with E-state index in [2.05, 4.69) is 6.92 Å². The molecule has 0 spiro atoms. The van der Waals surface area contributed by atoms with Crippen molar-refractivity contribution in [3.63, 3.8) is 0 Å². The van der Waals surface area contributed by atoms with E-state index in [1.54, 1.807) is 0 Å². The smallest absolute Gasteiger partial charge is 0.333 e. The molecule has 0 aromatic carbocycles. The standard InChI is InChI=1S/C11H16O3/c1-7-6-9(11(12)13-2)8-4-3-5-14-10(7)8/h6-8,10H,3-5H2,1-2H3/t7-,8-,10+/m1/s1. The molecule has 0 bridgehead atoms. The Balaban J connectivity index is 2.17. The first-order valence-corrected chi connectivity index (χ1v) is 5.15. The van der Waals surface area contributed by atoms with Crippen LogP contribution in [0.5, 0.6) is 0 Å². The molecule has 0 radical (unpaired) electrons. The van der Waals surface area contributed by atoms with Gasteiger partial charge in [-0.2, -0.15) is 0 Å². The van der Waals surface area contributed by atoms with Gasteiger partial charge >= 0.3 is 5.97 Å². The summed E-state index contributed by atoms with van der Waals surface area (Å²) >= 11 is 0. The molecule has 3 atom stereocenters. The first-order chi connectivity index (χ1) is 6.74. The molecule has 1 fully saturated rings. The average molecular weight is 196 g/mol. The fraction of sp³-hybridized carbons (Fsp3) is 0.727. The minimum Gasteiger partial charge on any atom is -0.466 e. The Hall–Kier alpha value is -0.830. The number of carbonyl (C=O) groups is 1. The summed E-state index contributed by atoms with van der Waals surface area (Å²) in [5.74, 6) is 0.426. The first-order valence-electron chi connectivity index (χ1n) is 5.15. The number of rotatable bonds is 1. The Kier molecular flexibility index (Phi) is 2.59. The molecule has 78 valence electrons. The zero-order chi connectivity index (χ0) is 10.1. The molecule has 1 aliphatic carbocycles. The fourth-order valence-electron chi connectivity index (χ4n) is 2.49. The number of methoxy groups -OCH3 is 1. The van der Waals surface area contributed by atoms with Crippen LogP contribution in [0.1, 0.15) is 19.8 Å². The summed E-state index contributed by atoms with van der Waals surface area (Å²) in [6.45, 7) is 2.92. The highest BCUT2D eigenvalue weighted by Gasteiger charge is 2.40. The molecule has 14 heavy (non-hydrogen) atoms. The van der Waals surface area contributed by atoms with Crippen molar-refractivity contribution in [3.8, 4) is 0 Å². The maximum Gasteiger partial charge on any atom is 0.333 e. The lowest BCUT2D eigenvalue weighted by atomic mass is 9.90. The third kappa shape index (κ3) is 1.46. The third-order valence-corrected chi connectivity index (χ3v) is 3.15. The third-order valence-electron chi connectivity index (χ3n) is 3.15. The predicted octanol–water partition coefficient (Wildman–Crippen LogP) is 1.53. The molecule has 3 nitrogen and oxygen atoms in total. The minimum atomic E-state index is -0.185. The van der Waals surface area contributed by atoms with Crippen molar-refractivity contribution < 1.29 is 14.3 Å². The molecule has 1 aliphatic heterocycles. The number of carbonyl (C=O) groups excluding carboxylic acids is 1. The Morgan fingerprint density at radius 3 is 3.14 bits per heavy atom. The zero-order valence-corrected chi connectivity index (χ0v) is 8.66. The van der Waals surface area contributed by atoms with Crippen LogP contribution in [0.15, 0.2) is 11.6 Å². The van der Waals surface area contributed by atoms with Gasteiger partial charge in [-0.05, 0) is 12.8 Å². The van der Waals surface area contributed by atoms with Crippen LogP contribution in [-0.4, -0.2) is 25.8 Å². The second-order valence-corrected chi connectivity index (χ2v) is 4.06. The van der Waals surface area contributed by atoms with Gasteiger partial charge in [0.2, 0.25) is 0 Å². The van der Waals surface area contributed by atoms with E-state index in [1.165, 1.54) is 7.11 Å². The van der Waals surface area contributed by atoms with E-state index in [4.69, 9.17) is 9.47 Å². The van der Waals surface area contributed by atoms with Crippen LogP contribution >= 0.6 is 0 Å².